The van der Waals surface area contributed by atoms with Gasteiger partial charge in [-0.25, -0.2) is 0 Å². The van der Waals surface area contributed by atoms with E-state index in [4.69, 9.17) is 4.18 Å². The third kappa shape index (κ3) is 4.95. The van der Waals surface area contributed by atoms with Gasteiger partial charge in [-0.15, -0.1) is 0 Å². The largest absolute Gasteiger partial charge is 0.297 e. The van der Waals surface area contributed by atoms with E-state index in [1.807, 2.05) is 19.1 Å². The Labute approximate surface area is 158 Å². The summed E-state index contributed by atoms with van der Waals surface area (Å²) in [6.07, 6.45) is 4.96. The van der Waals surface area contributed by atoms with E-state index < -0.39 is 10.1 Å². The van der Waals surface area contributed by atoms with Gasteiger partial charge in [-0.3, -0.25) is 8.98 Å². The van der Waals surface area contributed by atoms with Crippen molar-refractivity contribution in [3.8, 4) is 0 Å². The summed E-state index contributed by atoms with van der Waals surface area (Å²) in [5, 5.41) is 0. The number of rotatable bonds is 7. The summed E-state index contributed by atoms with van der Waals surface area (Å²) in [4.78, 5) is 12.6. The first-order valence-corrected chi connectivity index (χ1v) is 11.1. The SMILES string of the molecule is CCC(C)C1CCC(C(=O)COS(=O)(=O)c2c(C)cc(C)cc2C)CC1. The van der Waals surface area contributed by atoms with E-state index in [1.54, 1.807) is 13.8 Å². The van der Waals surface area contributed by atoms with Crippen LogP contribution in [-0.2, 0) is 19.1 Å². The van der Waals surface area contributed by atoms with Crippen LogP contribution < -0.4 is 0 Å². The van der Waals surface area contributed by atoms with E-state index in [9.17, 15) is 13.2 Å². The lowest BCUT2D eigenvalue weighted by molar-refractivity contribution is -0.126. The second-order valence-corrected chi connectivity index (χ2v) is 9.46. The summed E-state index contributed by atoms with van der Waals surface area (Å²) < 4.78 is 30.3. The highest BCUT2D eigenvalue weighted by Crippen LogP contribution is 2.35. The fourth-order valence-corrected chi connectivity index (χ4v) is 5.51. The van der Waals surface area contributed by atoms with Crippen LogP contribution in [0.15, 0.2) is 17.0 Å². The predicted molar refractivity (Wildman–Crippen MR) is 104 cm³/mol. The fourth-order valence-electron chi connectivity index (χ4n) is 4.22. The smallest absolute Gasteiger partial charge is 0.297 e. The Bertz CT molecular complexity index is 720. The lowest BCUT2D eigenvalue weighted by atomic mass is 9.74. The molecule has 1 aliphatic rings. The van der Waals surface area contributed by atoms with Gasteiger partial charge >= 0.3 is 0 Å². The van der Waals surface area contributed by atoms with Gasteiger partial charge in [0.05, 0.1) is 4.90 Å². The number of Topliss-reactive ketones (excluding diaryl/α,β-unsaturated/α-hetero) is 1. The van der Waals surface area contributed by atoms with Crippen LogP contribution >= 0.6 is 0 Å². The first-order valence-electron chi connectivity index (χ1n) is 9.65. The van der Waals surface area contributed by atoms with Crippen LogP contribution in [0.2, 0.25) is 0 Å². The summed E-state index contributed by atoms with van der Waals surface area (Å²) in [5.74, 6) is 1.23. The Morgan fingerprint density at radius 1 is 1.12 bits per heavy atom. The molecule has 0 bridgehead atoms. The molecule has 0 aliphatic heterocycles. The van der Waals surface area contributed by atoms with Crippen LogP contribution in [0.25, 0.3) is 0 Å². The highest BCUT2D eigenvalue weighted by atomic mass is 32.2. The van der Waals surface area contributed by atoms with Crippen LogP contribution in [0.5, 0.6) is 0 Å². The van der Waals surface area contributed by atoms with Crippen molar-refractivity contribution in [1.29, 1.82) is 0 Å². The number of aryl methyl sites for hydroxylation is 3. The Morgan fingerprint density at radius 3 is 2.15 bits per heavy atom. The van der Waals surface area contributed by atoms with Crippen LogP contribution in [-0.4, -0.2) is 20.8 Å². The number of benzene rings is 1. The van der Waals surface area contributed by atoms with E-state index in [0.29, 0.717) is 23.0 Å². The number of hydrogen-bond acceptors (Lipinski definition) is 4. The maximum atomic E-state index is 12.6. The molecule has 1 atom stereocenters. The standard InChI is InChI=1S/C21H32O4S/c1-6-15(3)18-7-9-19(10-8-18)20(22)13-25-26(23,24)21-16(4)11-14(2)12-17(21)5/h11-12,15,18-19H,6-10,13H2,1-5H3. The topological polar surface area (TPSA) is 60.4 Å². The molecular formula is C21H32O4S. The minimum absolute atomic E-state index is 0.0642. The van der Waals surface area contributed by atoms with Crippen molar-refractivity contribution in [3.05, 3.63) is 28.8 Å². The van der Waals surface area contributed by atoms with Crippen molar-refractivity contribution in [2.45, 2.75) is 71.6 Å². The molecule has 1 aromatic carbocycles. The van der Waals surface area contributed by atoms with Gasteiger partial charge in [-0.2, -0.15) is 8.42 Å². The average Bonchev–Trinajstić information content (AvgIpc) is 2.58. The second kappa shape index (κ2) is 8.66. The zero-order valence-electron chi connectivity index (χ0n) is 16.7. The average molecular weight is 381 g/mol. The third-order valence-electron chi connectivity index (χ3n) is 5.89. The lowest BCUT2D eigenvalue weighted by Crippen LogP contribution is -2.28. The molecule has 26 heavy (non-hydrogen) atoms. The summed E-state index contributed by atoms with van der Waals surface area (Å²) in [7, 11) is -3.92. The van der Waals surface area contributed by atoms with Crippen molar-refractivity contribution in [1.82, 2.24) is 0 Å². The third-order valence-corrected chi connectivity index (χ3v) is 7.46. The molecule has 0 amide bonds. The molecular weight excluding hydrogens is 348 g/mol. The predicted octanol–water partition coefficient (Wildman–Crippen LogP) is 4.74. The molecule has 1 aromatic rings. The molecule has 0 heterocycles. The quantitative estimate of drug-likeness (QED) is 0.641. The minimum Gasteiger partial charge on any atom is -0.297 e. The van der Waals surface area contributed by atoms with Gasteiger partial charge in [-0.1, -0.05) is 38.0 Å². The minimum atomic E-state index is -3.92. The molecule has 0 N–H and O–H groups in total. The molecule has 4 nitrogen and oxygen atoms in total. The van der Waals surface area contributed by atoms with Crippen molar-refractivity contribution in [2.75, 3.05) is 6.61 Å². The summed E-state index contributed by atoms with van der Waals surface area (Å²) >= 11 is 0. The number of carbonyl (C=O) groups excluding carboxylic acids is 1. The Morgan fingerprint density at radius 2 is 1.65 bits per heavy atom. The molecule has 0 radical (unpaired) electrons. The van der Waals surface area contributed by atoms with E-state index >= 15 is 0 Å². The molecule has 1 aliphatic carbocycles. The van der Waals surface area contributed by atoms with E-state index in [2.05, 4.69) is 13.8 Å². The Balaban J connectivity index is 1.97. The summed E-state index contributed by atoms with van der Waals surface area (Å²) in [6.45, 7) is 9.57. The van der Waals surface area contributed by atoms with Gasteiger partial charge in [0, 0.05) is 5.92 Å². The van der Waals surface area contributed by atoms with Gasteiger partial charge in [-0.05, 0) is 69.4 Å². The van der Waals surface area contributed by atoms with Crippen LogP contribution in [0.4, 0.5) is 0 Å². The van der Waals surface area contributed by atoms with Gasteiger partial charge < -0.3 is 0 Å². The van der Waals surface area contributed by atoms with Crippen LogP contribution in [0, 0.1) is 38.5 Å². The van der Waals surface area contributed by atoms with Crippen molar-refractivity contribution in [2.24, 2.45) is 17.8 Å². The van der Waals surface area contributed by atoms with Crippen LogP contribution in [0.3, 0.4) is 0 Å². The van der Waals surface area contributed by atoms with Gasteiger partial charge in [0.15, 0.2) is 5.78 Å². The van der Waals surface area contributed by atoms with Crippen LogP contribution in [0.1, 0.15) is 62.6 Å². The van der Waals surface area contributed by atoms with Gasteiger partial charge in [0.2, 0.25) is 0 Å². The van der Waals surface area contributed by atoms with Gasteiger partial charge in [0.1, 0.15) is 6.61 Å². The van der Waals surface area contributed by atoms with Crippen molar-refractivity contribution < 1.29 is 17.4 Å². The highest BCUT2D eigenvalue weighted by Gasteiger charge is 2.30. The molecule has 0 aromatic heterocycles. The second-order valence-electron chi connectivity index (χ2n) is 7.91. The monoisotopic (exact) mass is 380 g/mol. The molecule has 146 valence electrons. The normalized spacial score (nSPS) is 22.2. The molecule has 0 spiro atoms. The van der Waals surface area contributed by atoms with Gasteiger partial charge in [0.25, 0.3) is 10.1 Å². The lowest BCUT2D eigenvalue weighted by Gasteiger charge is -2.31. The Hall–Kier alpha value is -1.20. The molecule has 0 saturated heterocycles. The maximum Gasteiger partial charge on any atom is 0.297 e. The number of ketones is 1. The fraction of sp³-hybridized carbons (Fsp3) is 0.667. The van der Waals surface area contributed by atoms with E-state index in [1.165, 1.54) is 6.42 Å². The number of carbonyl (C=O) groups is 1. The first-order chi connectivity index (χ1) is 12.2. The summed E-state index contributed by atoms with van der Waals surface area (Å²) in [5.41, 5.74) is 2.32. The zero-order chi connectivity index (χ0) is 19.5. The number of hydrogen-bond donors (Lipinski definition) is 0. The molecule has 1 unspecified atom stereocenters. The molecule has 1 fully saturated rings. The molecule has 5 heteroatoms. The van der Waals surface area contributed by atoms with E-state index in [-0.39, 0.29) is 23.2 Å². The van der Waals surface area contributed by atoms with E-state index in [0.717, 1.165) is 31.2 Å². The zero-order valence-corrected chi connectivity index (χ0v) is 17.5. The molecule has 1 saturated carbocycles. The maximum absolute atomic E-state index is 12.6. The first kappa shape index (κ1) is 21.1. The molecule has 2 rings (SSSR count). The Kier molecular flexibility index (Phi) is 7.03. The summed E-state index contributed by atoms with van der Waals surface area (Å²) in [6, 6.07) is 3.64. The highest BCUT2D eigenvalue weighted by molar-refractivity contribution is 7.86. The van der Waals surface area contributed by atoms with Crippen molar-refractivity contribution >= 4 is 15.9 Å². The van der Waals surface area contributed by atoms with Crippen molar-refractivity contribution in [3.63, 3.8) is 0 Å².